The number of hydrogen-bond donors (Lipinski definition) is 1. The predicted octanol–water partition coefficient (Wildman–Crippen LogP) is 3.26. The minimum absolute atomic E-state index is 0.884. The number of nitrogens with zero attached hydrogens (tertiary/aromatic N) is 1. The van der Waals surface area contributed by atoms with Crippen LogP contribution in [-0.4, -0.2) is 18.5 Å². The molecule has 1 aliphatic rings. The Morgan fingerprint density at radius 2 is 2.19 bits per heavy atom. The Hall–Kier alpha value is -0.540. The summed E-state index contributed by atoms with van der Waals surface area (Å²) in [7, 11) is 2.18. The Kier molecular flexibility index (Phi) is 3.87. The van der Waals surface area contributed by atoms with Gasteiger partial charge in [-0.3, -0.25) is 0 Å². The number of nitrogen functional groups attached to an aromatic ring is 1. The maximum atomic E-state index is 5.99. The van der Waals surface area contributed by atoms with Crippen LogP contribution >= 0.6 is 15.9 Å². The molecule has 0 amide bonds. The van der Waals surface area contributed by atoms with Gasteiger partial charge in [0.05, 0.1) is 0 Å². The number of nitrogens with two attached hydrogens (primary N) is 1. The lowest BCUT2D eigenvalue weighted by Gasteiger charge is -2.30. The maximum Gasteiger partial charge on any atom is 0.0371 e. The highest BCUT2D eigenvalue weighted by Crippen LogP contribution is 2.28. The van der Waals surface area contributed by atoms with Crippen molar-refractivity contribution in [3.05, 3.63) is 28.2 Å². The number of halogens is 1. The second-order valence-electron chi connectivity index (χ2n) is 4.80. The van der Waals surface area contributed by atoms with Gasteiger partial charge in [-0.15, -0.1) is 0 Å². The average molecular weight is 283 g/mol. The van der Waals surface area contributed by atoms with Gasteiger partial charge in [-0.1, -0.05) is 28.4 Å². The summed E-state index contributed by atoms with van der Waals surface area (Å²) in [5.41, 5.74) is 8.09. The molecule has 1 aromatic rings. The molecule has 1 fully saturated rings. The standard InChI is InChI=1S/C13H19BrN2/c1-16(8-10-4-2-5-10)9-11-12(14)6-3-7-13(11)15/h3,6-7,10H,2,4-5,8-9,15H2,1H3. The van der Waals surface area contributed by atoms with Crippen molar-refractivity contribution in [1.29, 1.82) is 0 Å². The van der Waals surface area contributed by atoms with Crippen molar-refractivity contribution in [2.75, 3.05) is 19.3 Å². The van der Waals surface area contributed by atoms with E-state index in [-0.39, 0.29) is 0 Å². The lowest BCUT2D eigenvalue weighted by atomic mass is 9.85. The molecule has 0 bridgehead atoms. The molecule has 0 atom stereocenters. The van der Waals surface area contributed by atoms with E-state index in [2.05, 4.69) is 33.9 Å². The Morgan fingerprint density at radius 3 is 2.75 bits per heavy atom. The van der Waals surface area contributed by atoms with Crippen LogP contribution in [0.4, 0.5) is 5.69 Å². The molecule has 88 valence electrons. The van der Waals surface area contributed by atoms with Crippen LogP contribution < -0.4 is 5.73 Å². The minimum atomic E-state index is 0.884. The van der Waals surface area contributed by atoms with Gasteiger partial charge in [-0.2, -0.15) is 0 Å². The summed E-state index contributed by atoms with van der Waals surface area (Å²) in [5.74, 6) is 0.911. The van der Waals surface area contributed by atoms with Crippen molar-refractivity contribution in [2.24, 2.45) is 5.92 Å². The number of benzene rings is 1. The fourth-order valence-corrected chi connectivity index (χ4v) is 2.70. The normalized spacial score (nSPS) is 16.4. The van der Waals surface area contributed by atoms with Crippen molar-refractivity contribution in [1.82, 2.24) is 4.90 Å². The molecule has 16 heavy (non-hydrogen) atoms. The van der Waals surface area contributed by atoms with Crippen LogP contribution in [0.15, 0.2) is 22.7 Å². The van der Waals surface area contributed by atoms with Crippen LogP contribution in [0, 0.1) is 5.92 Å². The first-order valence-electron chi connectivity index (χ1n) is 5.88. The Balaban J connectivity index is 1.96. The van der Waals surface area contributed by atoms with Crippen molar-refractivity contribution in [3.63, 3.8) is 0 Å². The highest BCUT2D eigenvalue weighted by molar-refractivity contribution is 9.10. The predicted molar refractivity (Wildman–Crippen MR) is 72.2 cm³/mol. The van der Waals surface area contributed by atoms with Crippen LogP contribution in [0.5, 0.6) is 0 Å². The third kappa shape index (κ3) is 2.77. The van der Waals surface area contributed by atoms with Crippen molar-refractivity contribution in [3.8, 4) is 0 Å². The first-order chi connectivity index (χ1) is 7.66. The van der Waals surface area contributed by atoms with E-state index in [1.165, 1.54) is 31.4 Å². The van der Waals surface area contributed by atoms with Crippen LogP contribution in [0.3, 0.4) is 0 Å². The number of anilines is 1. The fraction of sp³-hybridized carbons (Fsp3) is 0.538. The molecule has 0 heterocycles. The average Bonchev–Trinajstić information content (AvgIpc) is 2.18. The monoisotopic (exact) mass is 282 g/mol. The van der Waals surface area contributed by atoms with Gasteiger partial charge >= 0.3 is 0 Å². The van der Waals surface area contributed by atoms with Gasteiger partial charge in [0.2, 0.25) is 0 Å². The molecule has 0 aliphatic heterocycles. The molecule has 2 nitrogen and oxygen atoms in total. The topological polar surface area (TPSA) is 29.3 Å². The first kappa shape index (κ1) is 11.9. The van der Waals surface area contributed by atoms with Crippen molar-refractivity contribution < 1.29 is 0 Å². The highest BCUT2D eigenvalue weighted by atomic mass is 79.9. The molecule has 0 unspecified atom stereocenters. The molecule has 1 saturated carbocycles. The van der Waals surface area contributed by atoms with Gasteiger partial charge in [-0.25, -0.2) is 0 Å². The molecule has 0 radical (unpaired) electrons. The minimum Gasteiger partial charge on any atom is -0.398 e. The molecule has 0 saturated heterocycles. The van der Waals surface area contributed by atoms with Gasteiger partial charge in [0.15, 0.2) is 0 Å². The van der Waals surface area contributed by atoms with E-state index in [1.807, 2.05) is 12.1 Å². The van der Waals surface area contributed by atoms with E-state index < -0.39 is 0 Å². The maximum absolute atomic E-state index is 5.99. The van der Waals surface area contributed by atoms with Crippen LogP contribution in [0.1, 0.15) is 24.8 Å². The van der Waals surface area contributed by atoms with Crippen LogP contribution in [0.25, 0.3) is 0 Å². The molecule has 1 aromatic carbocycles. The Bertz CT molecular complexity index is 341. The largest absolute Gasteiger partial charge is 0.398 e. The van der Waals surface area contributed by atoms with E-state index in [4.69, 9.17) is 5.73 Å². The van der Waals surface area contributed by atoms with Gasteiger partial charge < -0.3 is 10.6 Å². The number of hydrogen-bond acceptors (Lipinski definition) is 2. The summed E-state index contributed by atoms with van der Waals surface area (Å²) >= 11 is 3.57. The Morgan fingerprint density at radius 1 is 1.44 bits per heavy atom. The molecule has 2 N–H and O–H groups in total. The second kappa shape index (κ2) is 5.19. The van der Waals surface area contributed by atoms with E-state index in [9.17, 15) is 0 Å². The third-order valence-corrected chi connectivity index (χ3v) is 4.12. The summed E-state index contributed by atoms with van der Waals surface area (Å²) in [6, 6.07) is 6.01. The quantitative estimate of drug-likeness (QED) is 0.859. The van der Waals surface area contributed by atoms with Crippen LogP contribution in [-0.2, 0) is 6.54 Å². The molecule has 0 aromatic heterocycles. The number of rotatable bonds is 4. The summed E-state index contributed by atoms with van der Waals surface area (Å²) in [4.78, 5) is 2.38. The van der Waals surface area contributed by atoms with Crippen molar-refractivity contribution >= 4 is 21.6 Å². The lowest BCUT2D eigenvalue weighted by molar-refractivity contribution is 0.200. The molecule has 1 aliphatic carbocycles. The second-order valence-corrected chi connectivity index (χ2v) is 5.66. The summed E-state index contributed by atoms with van der Waals surface area (Å²) in [5, 5.41) is 0. The SMILES string of the molecule is CN(Cc1c(N)cccc1Br)CC1CCC1. The third-order valence-electron chi connectivity index (χ3n) is 3.38. The zero-order valence-corrected chi connectivity index (χ0v) is 11.3. The van der Waals surface area contributed by atoms with E-state index >= 15 is 0 Å². The molecule has 0 spiro atoms. The van der Waals surface area contributed by atoms with Gasteiger partial charge in [-0.05, 0) is 37.9 Å². The van der Waals surface area contributed by atoms with Gasteiger partial charge in [0, 0.05) is 28.8 Å². The summed E-state index contributed by atoms with van der Waals surface area (Å²) in [6.07, 6.45) is 4.21. The summed E-state index contributed by atoms with van der Waals surface area (Å²) in [6.45, 7) is 2.13. The smallest absolute Gasteiger partial charge is 0.0371 e. The van der Waals surface area contributed by atoms with Gasteiger partial charge in [0.25, 0.3) is 0 Å². The lowest BCUT2D eigenvalue weighted by Crippen LogP contribution is -2.29. The van der Waals surface area contributed by atoms with E-state index in [0.29, 0.717) is 0 Å². The van der Waals surface area contributed by atoms with Crippen molar-refractivity contribution in [2.45, 2.75) is 25.8 Å². The zero-order valence-electron chi connectivity index (χ0n) is 9.75. The molecular formula is C13H19BrN2. The fourth-order valence-electron chi connectivity index (χ4n) is 2.19. The molecule has 2 rings (SSSR count). The first-order valence-corrected chi connectivity index (χ1v) is 6.67. The van der Waals surface area contributed by atoms with Gasteiger partial charge in [0.1, 0.15) is 0 Å². The Labute approximate surface area is 106 Å². The van der Waals surface area contributed by atoms with E-state index in [0.717, 1.165) is 22.6 Å². The zero-order chi connectivity index (χ0) is 11.5. The molecular weight excluding hydrogens is 264 g/mol. The molecule has 3 heteroatoms. The van der Waals surface area contributed by atoms with E-state index in [1.54, 1.807) is 0 Å². The highest BCUT2D eigenvalue weighted by Gasteiger charge is 2.19. The summed E-state index contributed by atoms with van der Waals surface area (Å²) < 4.78 is 1.12. The van der Waals surface area contributed by atoms with Crippen LogP contribution in [0.2, 0.25) is 0 Å².